The van der Waals surface area contributed by atoms with Crippen molar-refractivity contribution >= 4 is 23.7 Å². The van der Waals surface area contributed by atoms with Crippen molar-refractivity contribution in [2.75, 3.05) is 19.0 Å². The molecule has 0 unspecified atom stereocenters. The summed E-state index contributed by atoms with van der Waals surface area (Å²) < 4.78 is 16.7. The molecule has 37 heavy (non-hydrogen) atoms. The molecule has 1 aliphatic heterocycles. The van der Waals surface area contributed by atoms with E-state index in [9.17, 15) is 14.4 Å². The zero-order valence-corrected chi connectivity index (χ0v) is 22.5. The number of nitrogens with one attached hydrogen (secondary N) is 1. The summed E-state index contributed by atoms with van der Waals surface area (Å²) in [4.78, 5) is 40.0. The van der Waals surface area contributed by atoms with Gasteiger partial charge < -0.3 is 19.1 Å². The first-order chi connectivity index (χ1) is 17.5. The number of hydrogen-bond donors (Lipinski definition) is 1. The van der Waals surface area contributed by atoms with Gasteiger partial charge in [-0.2, -0.15) is 0 Å². The molecule has 200 valence electrons. The number of rotatable bonds is 8. The van der Waals surface area contributed by atoms with E-state index < -0.39 is 29.8 Å². The van der Waals surface area contributed by atoms with Crippen LogP contribution in [-0.4, -0.2) is 54.3 Å². The van der Waals surface area contributed by atoms with Crippen LogP contribution in [0.5, 0.6) is 0 Å². The highest BCUT2D eigenvalue weighted by molar-refractivity contribution is 5.88. The highest BCUT2D eigenvalue weighted by Crippen LogP contribution is 2.34. The second-order valence-electron chi connectivity index (χ2n) is 10.7. The average molecular weight is 511 g/mol. The van der Waals surface area contributed by atoms with E-state index >= 15 is 0 Å². The van der Waals surface area contributed by atoms with Crippen molar-refractivity contribution in [1.29, 1.82) is 0 Å². The van der Waals surface area contributed by atoms with Gasteiger partial charge in [-0.15, -0.1) is 0 Å². The number of esters is 1. The zero-order valence-electron chi connectivity index (χ0n) is 22.5. The van der Waals surface area contributed by atoms with E-state index in [4.69, 9.17) is 14.2 Å². The van der Waals surface area contributed by atoms with Crippen molar-refractivity contribution in [3.8, 4) is 0 Å². The lowest BCUT2D eigenvalue weighted by molar-refractivity contribution is -0.160. The summed E-state index contributed by atoms with van der Waals surface area (Å²) in [5.41, 5.74) is 1.81. The van der Waals surface area contributed by atoms with Gasteiger partial charge in [0.1, 0.15) is 24.4 Å². The van der Waals surface area contributed by atoms with Crippen molar-refractivity contribution in [2.45, 2.75) is 71.3 Å². The fourth-order valence-corrected chi connectivity index (χ4v) is 4.44. The van der Waals surface area contributed by atoms with Crippen molar-refractivity contribution in [2.24, 2.45) is 5.92 Å². The number of benzene rings is 2. The highest BCUT2D eigenvalue weighted by atomic mass is 16.6. The molecular weight excluding hydrogens is 472 g/mol. The fourth-order valence-electron chi connectivity index (χ4n) is 4.44. The number of amides is 2. The van der Waals surface area contributed by atoms with Crippen LogP contribution in [0.2, 0.25) is 0 Å². The Kier molecular flexibility index (Phi) is 9.32. The van der Waals surface area contributed by atoms with Gasteiger partial charge >= 0.3 is 12.1 Å². The van der Waals surface area contributed by atoms with E-state index in [0.29, 0.717) is 18.7 Å². The van der Waals surface area contributed by atoms with Gasteiger partial charge in [0.25, 0.3) is 5.91 Å². The molecule has 8 heteroatoms. The van der Waals surface area contributed by atoms with Crippen LogP contribution in [0.1, 0.15) is 58.1 Å². The SMILES string of the molecule is CC(C)[C@@H](C(=O)OCc1ccccc1)N(C)C(=O)[C@@H]1OCC[C@@H]1c1ccc(NC(=O)OC(C)(C)C)cc1. The maximum Gasteiger partial charge on any atom is 0.412 e. The minimum absolute atomic E-state index is 0.143. The van der Waals surface area contributed by atoms with Gasteiger partial charge in [-0.1, -0.05) is 56.3 Å². The minimum atomic E-state index is -0.735. The summed E-state index contributed by atoms with van der Waals surface area (Å²) in [5, 5.41) is 2.71. The molecule has 0 radical (unpaired) electrons. The van der Waals surface area contributed by atoms with Gasteiger partial charge in [0.15, 0.2) is 0 Å². The molecule has 2 aromatic rings. The van der Waals surface area contributed by atoms with Crippen LogP contribution in [0, 0.1) is 5.92 Å². The number of carbonyl (C=O) groups excluding carboxylic acids is 3. The maximum atomic E-state index is 13.5. The van der Waals surface area contributed by atoms with Crippen molar-refractivity contribution < 1.29 is 28.6 Å². The van der Waals surface area contributed by atoms with E-state index in [-0.39, 0.29) is 24.3 Å². The summed E-state index contributed by atoms with van der Waals surface area (Å²) >= 11 is 0. The quantitative estimate of drug-likeness (QED) is 0.495. The third-order valence-corrected chi connectivity index (χ3v) is 6.18. The Labute approximate surface area is 219 Å². The molecule has 0 spiro atoms. The molecule has 8 nitrogen and oxygen atoms in total. The minimum Gasteiger partial charge on any atom is -0.459 e. The number of hydrogen-bond acceptors (Lipinski definition) is 6. The van der Waals surface area contributed by atoms with E-state index in [1.165, 1.54) is 4.90 Å². The number of nitrogens with zero attached hydrogens (tertiary/aromatic N) is 1. The van der Waals surface area contributed by atoms with Gasteiger partial charge in [-0.25, -0.2) is 9.59 Å². The Morgan fingerprint density at radius 2 is 1.70 bits per heavy atom. The zero-order chi connectivity index (χ0) is 27.2. The van der Waals surface area contributed by atoms with E-state index in [1.54, 1.807) is 40.0 Å². The summed E-state index contributed by atoms with van der Waals surface area (Å²) in [6.45, 7) is 9.78. The number of ether oxygens (including phenoxy) is 3. The number of anilines is 1. The van der Waals surface area contributed by atoms with E-state index in [2.05, 4.69) is 5.32 Å². The molecule has 2 aromatic carbocycles. The molecule has 2 amide bonds. The monoisotopic (exact) mass is 510 g/mol. The highest BCUT2D eigenvalue weighted by Gasteiger charge is 2.41. The van der Waals surface area contributed by atoms with Crippen LogP contribution in [0.25, 0.3) is 0 Å². The van der Waals surface area contributed by atoms with Crippen molar-refractivity contribution in [3.63, 3.8) is 0 Å². The molecule has 0 saturated carbocycles. The third kappa shape index (κ3) is 7.79. The van der Waals surface area contributed by atoms with Gasteiger partial charge in [0.2, 0.25) is 0 Å². The van der Waals surface area contributed by atoms with Gasteiger partial charge in [-0.05, 0) is 56.4 Å². The second-order valence-corrected chi connectivity index (χ2v) is 10.7. The summed E-state index contributed by atoms with van der Waals surface area (Å²) in [6.07, 6.45) is -0.565. The first kappa shape index (κ1) is 28.2. The molecule has 3 atom stereocenters. The molecule has 3 rings (SSSR count). The normalized spacial score (nSPS) is 18.2. The fraction of sp³-hybridized carbons (Fsp3) is 0.483. The van der Waals surface area contributed by atoms with E-state index in [0.717, 1.165) is 11.1 Å². The Balaban J connectivity index is 1.66. The third-order valence-electron chi connectivity index (χ3n) is 6.18. The van der Waals surface area contributed by atoms with Gasteiger partial charge in [-0.3, -0.25) is 10.1 Å². The van der Waals surface area contributed by atoms with Crippen LogP contribution >= 0.6 is 0 Å². The molecule has 1 heterocycles. The average Bonchev–Trinajstić information content (AvgIpc) is 3.32. The Morgan fingerprint density at radius 1 is 1.05 bits per heavy atom. The second kappa shape index (κ2) is 12.2. The van der Waals surface area contributed by atoms with Gasteiger partial charge in [0.05, 0.1) is 0 Å². The van der Waals surface area contributed by atoms with E-state index in [1.807, 2.05) is 56.3 Å². The molecule has 0 aliphatic carbocycles. The lowest BCUT2D eigenvalue weighted by atomic mass is 9.91. The topological polar surface area (TPSA) is 94.2 Å². The molecule has 1 fully saturated rings. The lowest BCUT2D eigenvalue weighted by Crippen LogP contribution is -2.50. The summed E-state index contributed by atoms with van der Waals surface area (Å²) in [7, 11) is 1.63. The molecule has 0 aromatic heterocycles. The van der Waals surface area contributed by atoms with Crippen LogP contribution in [-0.2, 0) is 30.4 Å². The molecule has 1 aliphatic rings. The summed E-state index contributed by atoms with van der Waals surface area (Å²) in [6, 6.07) is 16.0. The molecule has 1 saturated heterocycles. The van der Waals surface area contributed by atoms with Gasteiger partial charge in [0, 0.05) is 25.3 Å². The molecule has 0 bridgehead atoms. The summed E-state index contributed by atoms with van der Waals surface area (Å²) in [5.74, 6) is -1.01. The van der Waals surface area contributed by atoms with Crippen LogP contribution in [0.3, 0.4) is 0 Å². The number of carbonyl (C=O) groups is 3. The predicted octanol–water partition coefficient (Wildman–Crippen LogP) is 5.13. The largest absolute Gasteiger partial charge is 0.459 e. The Morgan fingerprint density at radius 3 is 2.30 bits per heavy atom. The molecule has 1 N–H and O–H groups in total. The predicted molar refractivity (Wildman–Crippen MR) is 141 cm³/mol. The van der Waals surface area contributed by atoms with Crippen molar-refractivity contribution in [3.05, 3.63) is 65.7 Å². The standard InChI is InChI=1S/C29H38N2O6/c1-19(2)24(27(33)36-18-20-10-8-7-9-11-20)31(6)26(32)25-23(16-17-35-25)21-12-14-22(15-13-21)30-28(34)37-29(3,4)5/h7-15,19,23-25H,16-18H2,1-6H3,(H,30,34)/t23-,24+,25-/m1/s1. The van der Waals surface area contributed by atoms with Crippen molar-refractivity contribution in [1.82, 2.24) is 4.90 Å². The van der Waals surface area contributed by atoms with Crippen LogP contribution in [0.4, 0.5) is 10.5 Å². The first-order valence-corrected chi connectivity index (χ1v) is 12.6. The Hall–Kier alpha value is -3.39. The molecular formula is C29H38N2O6. The first-order valence-electron chi connectivity index (χ1n) is 12.6. The van der Waals surface area contributed by atoms with Crippen LogP contribution in [0.15, 0.2) is 54.6 Å². The lowest BCUT2D eigenvalue weighted by Gasteiger charge is -2.32. The number of likely N-dealkylation sites (N-methyl/N-ethyl adjacent to an activating group) is 1. The van der Waals surface area contributed by atoms with Crippen LogP contribution < -0.4 is 5.32 Å². The smallest absolute Gasteiger partial charge is 0.412 e. The Bertz CT molecular complexity index is 1060. The maximum absolute atomic E-state index is 13.5.